The molecule has 0 radical (unpaired) electrons. The first-order valence-corrected chi connectivity index (χ1v) is 6.55. The summed E-state index contributed by atoms with van der Waals surface area (Å²) in [6, 6.07) is 7.97. The monoisotopic (exact) mass is 263 g/mol. The Balaban J connectivity index is 2.62. The molecule has 0 aliphatic heterocycles. The lowest BCUT2D eigenvalue weighted by Gasteiger charge is -2.22. The molecule has 19 heavy (non-hydrogen) atoms. The number of ketones is 1. The van der Waals surface area contributed by atoms with Crippen LogP contribution in [-0.4, -0.2) is 31.4 Å². The maximum Gasteiger partial charge on any atom is 0.313 e. The molecular formula is C15H21NO3. The van der Waals surface area contributed by atoms with Crippen molar-refractivity contribution in [2.45, 2.75) is 27.2 Å². The van der Waals surface area contributed by atoms with Crippen molar-refractivity contribution in [3.8, 4) is 0 Å². The van der Waals surface area contributed by atoms with E-state index < -0.39 is 5.97 Å². The van der Waals surface area contributed by atoms with Gasteiger partial charge in [0.05, 0.1) is 13.2 Å². The number of carbonyl (C=O) groups is 2. The molecule has 1 aromatic rings. The molecule has 0 aliphatic carbocycles. The molecule has 0 aromatic heterocycles. The average molecular weight is 263 g/mol. The third-order valence-corrected chi connectivity index (χ3v) is 2.76. The summed E-state index contributed by atoms with van der Waals surface area (Å²) >= 11 is 0. The SMILES string of the molecule is CCOC(=O)CC(=O)CN(CC)c1cccc(C)c1. The number of rotatable bonds is 7. The zero-order valence-electron chi connectivity index (χ0n) is 11.8. The molecule has 0 heterocycles. The maximum atomic E-state index is 11.8. The van der Waals surface area contributed by atoms with E-state index in [2.05, 4.69) is 0 Å². The molecule has 1 rings (SSSR count). The third-order valence-electron chi connectivity index (χ3n) is 2.76. The Morgan fingerprint density at radius 2 is 2.00 bits per heavy atom. The lowest BCUT2D eigenvalue weighted by Crippen LogP contribution is -2.31. The molecular weight excluding hydrogens is 242 g/mol. The largest absolute Gasteiger partial charge is 0.466 e. The first kappa shape index (κ1) is 15.2. The summed E-state index contributed by atoms with van der Waals surface area (Å²) in [6.45, 7) is 6.99. The van der Waals surface area contributed by atoms with Crippen LogP contribution < -0.4 is 4.90 Å². The van der Waals surface area contributed by atoms with Crippen LogP contribution in [0.4, 0.5) is 5.69 Å². The highest BCUT2D eigenvalue weighted by Crippen LogP contribution is 2.15. The van der Waals surface area contributed by atoms with Gasteiger partial charge < -0.3 is 9.64 Å². The van der Waals surface area contributed by atoms with Crippen molar-refractivity contribution in [3.05, 3.63) is 29.8 Å². The Kier molecular flexibility index (Phi) is 6.06. The lowest BCUT2D eigenvalue weighted by molar-refractivity contribution is -0.145. The lowest BCUT2D eigenvalue weighted by atomic mass is 10.2. The number of benzene rings is 1. The smallest absolute Gasteiger partial charge is 0.313 e. The molecule has 1 aromatic carbocycles. The number of hydrogen-bond donors (Lipinski definition) is 0. The highest BCUT2D eigenvalue weighted by molar-refractivity contribution is 5.97. The van der Waals surface area contributed by atoms with Crippen molar-refractivity contribution in [3.63, 3.8) is 0 Å². The molecule has 4 heteroatoms. The molecule has 4 nitrogen and oxygen atoms in total. The van der Waals surface area contributed by atoms with Gasteiger partial charge in [0.25, 0.3) is 0 Å². The second-order valence-electron chi connectivity index (χ2n) is 4.37. The summed E-state index contributed by atoms with van der Waals surface area (Å²) < 4.78 is 4.77. The van der Waals surface area contributed by atoms with Gasteiger partial charge in [-0.1, -0.05) is 12.1 Å². The highest BCUT2D eigenvalue weighted by Gasteiger charge is 2.14. The standard InChI is InChI=1S/C15H21NO3/c1-4-16(13-8-6-7-12(3)9-13)11-14(17)10-15(18)19-5-2/h6-9H,4-5,10-11H2,1-3H3. The number of likely N-dealkylation sites (N-methyl/N-ethyl adjacent to an activating group) is 1. The summed E-state index contributed by atoms with van der Waals surface area (Å²) in [6.07, 6.45) is -0.157. The number of anilines is 1. The van der Waals surface area contributed by atoms with Gasteiger partial charge in [0.1, 0.15) is 6.42 Å². The summed E-state index contributed by atoms with van der Waals surface area (Å²) in [7, 11) is 0. The van der Waals surface area contributed by atoms with E-state index in [9.17, 15) is 9.59 Å². The van der Waals surface area contributed by atoms with Crippen LogP contribution in [0, 0.1) is 6.92 Å². The van der Waals surface area contributed by atoms with Crippen molar-refractivity contribution in [2.75, 3.05) is 24.6 Å². The first-order chi connectivity index (χ1) is 9.06. The molecule has 0 saturated carbocycles. The molecule has 0 aliphatic rings. The number of hydrogen-bond acceptors (Lipinski definition) is 4. The summed E-state index contributed by atoms with van der Waals surface area (Å²) in [5.41, 5.74) is 2.15. The Bertz CT molecular complexity index is 443. The molecule has 0 amide bonds. The number of ether oxygens (including phenoxy) is 1. The van der Waals surface area contributed by atoms with Crippen LogP contribution >= 0.6 is 0 Å². The van der Waals surface area contributed by atoms with Crippen molar-refractivity contribution in [2.24, 2.45) is 0 Å². The van der Waals surface area contributed by atoms with Gasteiger partial charge in [-0.25, -0.2) is 0 Å². The summed E-state index contributed by atoms with van der Waals surface area (Å²) in [5.74, 6) is -0.574. The minimum Gasteiger partial charge on any atom is -0.466 e. The quantitative estimate of drug-likeness (QED) is 0.559. The minimum absolute atomic E-state index is 0.123. The maximum absolute atomic E-state index is 11.8. The molecule has 0 spiro atoms. The van der Waals surface area contributed by atoms with E-state index in [-0.39, 0.29) is 18.7 Å². The van der Waals surface area contributed by atoms with Gasteiger partial charge in [0.2, 0.25) is 0 Å². The Hall–Kier alpha value is -1.84. The predicted octanol–water partition coefficient (Wildman–Crippen LogP) is 2.34. The topological polar surface area (TPSA) is 46.6 Å². The molecule has 104 valence electrons. The Morgan fingerprint density at radius 1 is 1.26 bits per heavy atom. The fraction of sp³-hybridized carbons (Fsp3) is 0.467. The Morgan fingerprint density at radius 3 is 2.58 bits per heavy atom. The molecule has 0 fully saturated rings. The normalized spacial score (nSPS) is 10.1. The molecule has 0 saturated heterocycles. The van der Waals surface area contributed by atoms with Crippen molar-refractivity contribution in [1.29, 1.82) is 0 Å². The van der Waals surface area contributed by atoms with E-state index in [4.69, 9.17) is 4.74 Å². The van der Waals surface area contributed by atoms with Gasteiger partial charge in [0, 0.05) is 12.2 Å². The summed E-state index contributed by atoms with van der Waals surface area (Å²) in [5, 5.41) is 0. The van der Waals surface area contributed by atoms with Gasteiger partial charge in [-0.15, -0.1) is 0 Å². The number of aryl methyl sites for hydroxylation is 1. The predicted molar refractivity (Wildman–Crippen MR) is 75.3 cm³/mol. The number of esters is 1. The van der Waals surface area contributed by atoms with E-state index in [1.165, 1.54) is 0 Å². The highest BCUT2D eigenvalue weighted by atomic mass is 16.5. The molecule has 0 N–H and O–H groups in total. The van der Waals surface area contributed by atoms with Crippen LogP contribution in [0.3, 0.4) is 0 Å². The van der Waals surface area contributed by atoms with Crippen molar-refractivity contribution < 1.29 is 14.3 Å². The second kappa shape index (κ2) is 7.56. The zero-order valence-corrected chi connectivity index (χ0v) is 11.8. The Labute approximate surface area is 114 Å². The van der Waals surface area contributed by atoms with Crippen LogP contribution in [-0.2, 0) is 14.3 Å². The molecule has 0 bridgehead atoms. The van der Waals surface area contributed by atoms with E-state index in [1.807, 2.05) is 43.0 Å². The van der Waals surface area contributed by atoms with Crippen molar-refractivity contribution in [1.82, 2.24) is 0 Å². The van der Waals surface area contributed by atoms with Gasteiger partial charge in [-0.3, -0.25) is 9.59 Å². The molecule has 0 unspecified atom stereocenters. The third kappa shape index (κ3) is 5.12. The van der Waals surface area contributed by atoms with Crippen LogP contribution in [0.25, 0.3) is 0 Å². The van der Waals surface area contributed by atoms with E-state index >= 15 is 0 Å². The van der Waals surface area contributed by atoms with Gasteiger partial charge >= 0.3 is 5.97 Å². The fourth-order valence-corrected chi connectivity index (χ4v) is 1.85. The van der Waals surface area contributed by atoms with Gasteiger partial charge in [-0.2, -0.15) is 0 Å². The average Bonchev–Trinajstić information content (AvgIpc) is 2.36. The molecule has 0 atom stereocenters. The van der Waals surface area contributed by atoms with E-state index in [0.717, 1.165) is 17.8 Å². The fourth-order valence-electron chi connectivity index (χ4n) is 1.85. The second-order valence-corrected chi connectivity index (χ2v) is 4.37. The zero-order chi connectivity index (χ0) is 14.3. The summed E-state index contributed by atoms with van der Waals surface area (Å²) in [4.78, 5) is 25.0. The van der Waals surface area contributed by atoms with Crippen LogP contribution in [0.5, 0.6) is 0 Å². The van der Waals surface area contributed by atoms with Crippen LogP contribution in [0.2, 0.25) is 0 Å². The van der Waals surface area contributed by atoms with Gasteiger partial charge in [-0.05, 0) is 38.5 Å². The number of Topliss-reactive ketones (excluding diaryl/α,β-unsaturated/α-hetero) is 1. The minimum atomic E-state index is -0.451. The van der Waals surface area contributed by atoms with E-state index in [1.54, 1.807) is 6.92 Å². The number of nitrogens with zero attached hydrogens (tertiary/aromatic N) is 1. The van der Waals surface area contributed by atoms with Crippen molar-refractivity contribution >= 4 is 17.4 Å². The van der Waals surface area contributed by atoms with Crippen LogP contribution in [0.1, 0.15) is 25.8 Å². The van der Waals surface area contributed by atoms with Gasteiger partial charge in [0.15, 0.2) is 5.78 Å². The van der Waals surface area contributed by atoms with Crippen LogP contribution in [0.15, 0.2) is 24.3 Å². The van der Waals surface area contributed by atoms with E-state index in [0.29, 0.717) is 6.61 Å². The first-order valence-electron chi connectivity index (χ1n) is 6.55. The number of carbonyl (C=O) groups excluding carboxylic acids is 2.